The maximum atomic E-state index is 13.8. The summed E-state index contributed by atoms with van der Waals surface area (Å²) in [6, 6.07) is 1.63. The smallest absolute Gasteiger partial charge is 0.338 e. The van der Waals surface area contributed by atoms with Crippen molar-refractivity contribution < 1.29 is 24.0 Å². The van der Waals surface area contributed by atoms with Crippen molar-refractivity contribution in [3.63, 3.8) is 0 Å². The first-order chi connectivity index (χ1) is 9.90. The fourth-order valence-corrected chi connectivity index (χ4v) is 2.36. The van der Waals surface area contributed by atoms with Crippen molar-refractivity contribution in [2.24, 2.45) is 0 Å². The zero-order valence-corrected chi connectivity index (χ0v) is 11.4. The first kappa shape index (κ1) is 15.2. The van der Waals surface area contributed by atoms with E-state index in [0.717, 1.165) is 25.0 Å². The van der Waals surface area contributed by atoms with Gasteiger partial charge >= 0.3 is 5.97 Å². The SMILES string of the molecule is CN(CC1CCCO1)c1cc(F)c(C(=O)O)cc1[N+](=O)[O-]. The minimum absolute atomic E-state index is 0.0398. The fraction of sp³-hybridized carbons (Fsp3) is 0.462. The van der Waals surface area contributed by atoms with Crippen LogP contribution < -0.4 is 4.90 Å². The molecule has 1 atom stereocenters. The van der Waals surface area contributed by atoms with Crippen molar-refractivity contribution in [3.8, 4) is 0 Å². The van der Waals surface area contributed by atoms with Crippen molar-refractivity contribution in [1.29, 1.82) is 0 Å². The summed E-state index contributed by atoms with van der Waals surface area (Å²) in [5.74, 6) is -2.54. The van der Waals surface area contributed by atoms with Crippen LogP contribution in [0.25, 0.3) is 0 Å². The molecule has 0 spiro atoms. The zero-order valence-electron chi connectivity index (χ0n) is 11.4. The molecule has 7 nitrogen and oxygen atoms in total. The van der Waals surface area contributed by atoms with Crippen LogP contribution in [0.2, 0.25) is 0 Å². The van der Waals surface area contributed by atoms with Gasteiger partial charge in [-0.15, -0.1) is 0 Å². The molecule has 0 aliphatic carbocycles. The Balaban J connectivity index is 2.34. The van der Waals surface area contributed by atoms with E-state index in [4.69, 9.17) is 9.84 Å². The summed E-state index contributed by atoms with van der Waals surface area (Å²) < 4.78 is 19.2. The Labute approximate surface area is 120 Å². The molecule has 21 heavy (non-hydrogen) atoms. The van der Waals surface area contributed by atoms with Gasteiger partial charge in [-0.05, 0) is 12.8 Å². The van der Waals surface area contributed by atoms with E-state index in [2.05, 4.69) is 0 Å². The number of carbonyl (C=O) groups is 1. The first-order valence-electron chi connectivity index (χ1n) is 6.44. The summed E-state index contributed by atoms with van der Waals surface area (Å²) in [6.45, 7) is 1.03. The molecule has 0 saturated carbocycles. The Morgan fingerprint density at radius 1 is 1.62 bits per heavy atom. The molecule has 2 rings (SSSR count). The first-order valence-corrected chi connectivity index (χ1v) is 6.44. The van der Waals surface area contributed by atoms with Gasteiger partial charge in [-0.25, -0.2) is 9.18 Å². The van der Waals surface area contributed by atoms with Crippen molar-refractivity contribution in [2.45, 2.75) is 18.9 Å². The van der Waals surface area contributed by atoms with Crippen LogP contribution in [0.15, 0.2) is 12.1 Å². The second-order valence-electron chi connectivity index (χ2n) is 4.90. The lowest BCUT2D eigenvalue weighted by atomic mass is 10.1. The molecule has 1 aromatic carbocycles. The number of ether oxygens (including phenoxy) is 1. The molecule has 0 aromatic heterocycles. The fourth-order valence-electron chi connectivity index (χ4n) is 2.36. The molecule has 114 valence electrons. The van der Waals surface area contributed by atoms with Gasteiger partial charge in [0.25, 0.3) is 5.69 Å². The van der Waals surface area contributed by atoms with Gasteiger partial charge in [0.05, 0.1) is 11.0 Å². The van der Waals surface area contributed by atoms with Gasteiger partial charge in [0, 0.05) is 32.3 Å². The van der Waals surface area contributed by atoms with Crippen molar-refractivity contribution >= 4 is 17.3 Å². The van der Waals surface area contributed by atoms with Gasteiger partial charge in [-0.1, -0.05) is 0 Å². The summed E-state index contributed by atoms with van der Waals surface area (Å²) in [4.78, 5) is 22.7. The lowest BCUT2D eigenvalue weighted by Crippen LogP contribution is -2.29. The molecule has 1 saturated heterocycles. The molecule has 1 fully saturated rings. The predicted octanol–water partition coefficient (Wildman–Crippen LogP) is 2.05. The Bertz CT molecular complexity index is 572. The molecule has 0 amide bonds. The van der Waals surface area contributed by atoms with Gasteiger partial charge in [-0.2, -0.15) is 0 Å². The third-order valence-corrected chi connectivity index (χ3v) is 3.40. The average Bonchev–Trinajstić information content (AvgIpc) is 2.90. The standard InChI is InChI=1S/C13H15FN2O5/c1-15(7-8-3-2-4-21-8)11-6-10(14)9(13(17)18)5-12(11)16(19)20/h5-6,8H,2-4,7H2,1H3,(H,17,18). The molecule has 1 N–H and O–H groups in total. The molecular weight excluding hydrogens is 283 g/mol. The van der Waals surface area contributed by atoms with Crippen molar-refractivity contribution in [1.82, 2.24) is 0 Å². The number of carboxylic acid groups (broad SMARTS) is 1. The van der Waals surface area contributed by atoms with Crippen LogP contribution in [-0.2, 0) is 4.74 Å². The molecule has 1 heterocycles. The zero-order chi connectivity index (χ0) is 15.6. The second-order valence-corrected chi connectivity index (χ2v) is 4.90. The maximum absolute atomic E-state index is 13.8. The van der Waals surface area contributed by atoms with Crippen LogP contribution in [-0.4, -0.2) is 42.3 Å². The molecule has 8 heteroatoms. The van der Waals surface area contributed by atoms with Crippen LogP contribution in [0.3, 0.4) is 0 Å². The third kappa shape index (κ3) is 3.27. The molecule has 1 aliphatic heterocycles. The molecule has 0 bridgehead atoms. The summed E-state index contributed by atoms with van der Waals surface area (Å²) in [6.07, 6.45) is 1.71. The predicted molar refractivity (Wildman–Crippen MR) is 72.3 cm³/mol. The number of nitro groups is 1. The van der Waals surface area contributed by atoms with Gasteiger partial charge in [0.15, 0.2) is 0 Å². The van der Waals surface area contributed by atoms with Gasteiger partial charge < -0.3 is 14.7 Å². The highest BCUT2D eigenvalue weighted by molar-refractivity contribution is 5.90. The van der Waals surface area contributed by atoms with Crippen LogP contribution in [0, 0.1) is 15.9 Å². The topological polar surface area (TPSA) is 92.9 Å². The highest BCUT2D eigenvalue weighted by Gasteiger charge is 2.26. The number of nitrogens with zero attached hydrogens (tertiary/aromatic N) is 2. The lowest BCUT2D eigenvalue weighted by Gasteiger charge is -2.22. The van der Waals surface area contributed by atoms with Crippen LogP contribution in [0.4, 0.5) is 15.8 Å². The van der Waals surface area contributed by atoms with Gasteiger partial charge in [0.1, 0.15) is 17.1 Å². The number of carboxylic acids is 1. The average molecular weight is 298 g/mol. The Kier molecular flexibility index (Phi) is 4.37. The summed E-state index contributed by atoms with van der Waals surface area (Å²) >= 11 is 0. The third-order valence-electron chi connectivity index (χ3n) is 3.40. The quantitative estimate of drug-likeness (QED) is 0.660. The number of hydrogen-bond acceptors (Lipinski definition) is 5. The normalized spacial score (nSPS) is 17.7. The largest absolute Gasteiger partial charge is 0.478 e. The maximum Gasteiger partial charge on any atom is 0.338 e. The number of hydrogen-bond donors (Lipinski definition) is 1. The summed E-state index contributed by atoms with van der Waals surface area (Å²) in [7, 11) is 1.59. The van der Waals surface area contributed by atoms with Gasteiger partial charge in [0.2, 0.25) is 0 Å². The molecule has 1 aromatic rings. The molecular formula is C13H15FN2O5. The van der Waals surface area contributed by atoms with Crippen LogP contribution >= 0.6 is 0 Å². The number of nitro benzene ring substituents is 1. The minimum atomic E-state index is -1.54. The second kappa shape index (κ2) is 6.04. The highest BCUT2D eigenvalue weighted by Crippen LogP contribution is 2.31. The molecule has 1 unspecified atom stereocenters. The van der Waals surface area contributed by atoms with Gasteiger partial charge in [-0.3, -0.25) is 10.1 Å². The molecule has 0 radical (unpaired) electrons. The van der Waals surface area contributed by atoms with E-state index in [1.807, 2.05) is 0 Å². The van der Waals surface area contributed by atoms with Crippen LogP contribution in [0.5, 0.6) is 0 Å². The van der Waals surface area contributed by atoms with E-state index in [-0.39, 0.29) is 11.8 Å². The number of anilines is 1. The number of rotatable bonds is 5. The number of benzene rings is 1. The lowest BCUT2D eigenvalue weighted by molar-refractivity contribution is -0.384. The summed E-state index contributed by atoms with van der Waals surface area (Å²) in [5, 5.41) is 19.9. The van der Waals surface area contributed by atoms with Crippen LogP contribution in [0.1, 0.15) is 23.2 Å². The number of halogens is 1. The Hall–Kier alpha value is -2.22. The number of aromatic carboxylic acids is 1. The summed E-state index contributed by atoms with van der Waals surface area (Å²) in [5.41, 5.74) is -1.11. The highest BCUT2D eigenvalue weighted by atomic mass is 19.1. The van der Waals surface area contributed by atoms with E-state index in [9.17, 15) is 19.3 Å². The van der Waals surface area contributed by atoms with E-state index in [1.165, 1.54) is 4.90 Å². The van der Waals surface area contributed by atoms with E-state index in [0.29, 0.717) is 13.2 Å². The van der Waals surface area contributed by atoms with E-state index >= 15 is 0 Å². The molecule has 1 aliphatic rings. The van der Waals surface area contributed by atoms with Crippen molar-refractivity contribution in [3.05, 3.63) is 33.6 Å². The van der Waals surface area contributed by atoms with Crippen molar-refractivity contribution in [2.75, 3.05) is 25.1 Å². The minimum Gasteiger partial charge on any atom is -0.478 e. The van der Waals surface area contributed by atoms with E-state index < -0.39 is 28.0 Å². The Morgan fingerprint density at radius 2 is 2.33 bits per heavy atom. The number of likely N-dealkylation sites (N-methyl/N-ethyl adjacent to an activating group) is 1. The monoisotopic (exact) mass is 298 g/mol. The van der Waals surface area contributed by atoms with E-state index in [1.54, 1.807) is 7.05 Å². The Morgan fingerprint density at radius 3 is 2.86 bits per heavy atom.